The molecule has 3 N–H and O–H groups in total. The number of esters is 5. The molecule has 7 aliphatic carbocycles. The third-order valence-electron chi connectivity index (χ3n) is 15.4. The van der Waals surface area contributed by atoms with Gasteiger partial charge in [-0.25, -0.2) is 14.4 Å². The maximum absolute atomic E-state index is 14.6. The Morgan fingerprint density at radius 3 is 2.34 bits per heavy atom. The van der Waals surface area contributed by atoms with Crippen molar-refractivity contribution in [2.75, 3.05) is 34.0 Å². The van der Waals surface area contributed by atoms with Crippen LogP contribution in [-0.2, 0) is 52.5 Å². The van der Waals surface area contributed by atoms with E-state index in [2.05, 4.69) is 11.7 Å². The van der Waals surface area contributed by atoms with Gasteiger partial charge in [0.05, 0.1) is 45.2 Å². The first-order valence-electron chi connectivity index (χ1n) is 19.5. The normalized spacial score (nSPS) is 41.9. The van der Waals surface area contributed by atoms with Crippen LogP contribution in [0.4, 0.5) is 0 Å². The maximum Gasteiger partial charge on any atom is 0.338 e. The van der Waals surface area contributed by atoms with Crippen LogP contribution in [0.1, 0.15) is 72.6 Å². The predicted molar refractivity (Wildman–Crippen MR) is 191 cm³/mol. The molecule has 0 aromatic heterocycles. The Morgan fingerprint density at radius 1 is 0.946 bits per heavy atom. The van der Waals surface area contributed by atoms with Crippen molar-refractivity contribution in [3.63, 3.8) is 0 Å². The van der Waals surface area contributed by atoms with Gasteiger partial charge in [0.2, 0.25) is 0 Å². The van der Waals surface area contributed by atoms with Crippen molar-refractivity contribution < 1.29 is 67.8 Å². The molecule has 0 unspecified atom stereocenters. The van der Waals surface area contributed by atoms with Crippen molar-refractivity contribution in [1.82, 2.24) is 0 Å². The molecule has 0 aromatic rings. The Balaban J connectivity index is 1.27. The van der Waals surface area contributed by atoms with Crippen LogP contribution in [0.25, 0.3) is 0 Å². The lowest BCUT2D eigenvalue weighted by atomic mass is 9.40. The van der Waals surface area contributed by atoms with Crippen LogP contribution in [0, 0.1) is 52.3 Å². The molecule has 0 amide bonds. The Labute approximate surface area is 324 Å². The fourth-order valence-corrected chi connectivity index (χ4v) is 12.6. The van der Waals surface area contributed by atoms with Crippen LogP contribution in [0.5, 0.6) is 0 Å². The van der Waals surface area contributed by atoms with Crippen molar-refractivity contribution in [2.24, 2.45) is 52.3 Å². The van der Waals surface area contributed by atoms with Crippen LogP contribution < -0.4 is 0 Å². The number of hydrogen-bond acceptors (Lipinski definition) is 14. The van der Waals surface area contributed by atoms with Gasteiger partial charge in [-0.2, -0.15) is 0 Å². The molecule has 8 aliphatic rings. The Morgan fingerprint density at radius 2 is 1.66 bits per heavy atom. The van der Waals surface area contributed by atoms with E-state index < -0.39 is 82.2 Å². The number of hydrogen-bond donors (Lipinski definition) is 3. The first-order chi connectivity index (χ1) is 26.4. The smallest absolute Gasteiger partial charge is 0.338 e. The summed E-state index contributed by atoms with van der Waals surface area (Å²) in [6, 6.07) is 0. The second-order valence-corrected chi connectivity index (χ2v) is 17.8. The summed E-state index contributed by atoms with van der Waals surface area (Å²) >= 11 is 0. The third kappa shape index (κ3) is 5.16. The summed E-state index contributed by atoms with van der Waals surface area (Å²) in [5, 5.41) is 33.5. The zero-order chi connectivity index (χ0) is 40.4. The van der Waals surface area contributed by atoms with Gasteiger partial charge in [-0.15, -0.1) is 0 Å². The topological polar surface area (TPSA) is 209 Å². The minimum Gasteiger partial charge on any atom is -0.469 e. The van der Waals surface area contributed by atoms with Crippen molar-refractivity contribution in [1.29, 1.82) is 0 Å². The van der Waals surface area contributed by atoms with E-state index >= 15 is 0 Å². The summed E-state index contributed by atoms with van der Waals surface area (Å²) in [5.74, 6) is -5.92. The first kappa shape index (κ1) is 38.7. The average Bonchev–Trinajstić information content (AvgIpc) is 4.10. The van der Waals surface area contributed by atoms with Crippen molar-refractivity contribution >= 4 is 35.6 Å². The number of aliphatic hydroxyl groups is 3. The van der Waals surface area contributed by atoms with Crippen LogP contribution in [0.3, 0.4) is 0 Å². The number of carbonyl (C=O) groups is 6. The van der Waals surface area contributed by atoms with Crippen LogP contribution in [0.2, 0.25) is 0 Å². The lowest BCUT2D eigenvalue weighted by molar-refractivity contribution is -0.197. The molecule has 1 aliphatic heterocycles. The molecule has 0 bridgehead atoms. The largest absolute Gasteiger partial charge is 0.469 e. The summed E-state index contributed by atoms with van der Waals surface area (Å²) in [4.78, 5) is 79.7. The fraction of sp³-hybridized carbons (Fsp3) is 0.667. The zero-order valence-corrected chi connectivity index (χ0v) is 32.6. The molecule has 5 saturated carbocycles. The highest BCUT2D eigenvalue weighted by atomic mass is 16.6. The van der Waals surface area contributed by atoms with Crippen molar-refractivity contribution in [3.05, 3.63) is 45.1 Å². The molecule has 56 heavy (non-hydrogen) atoms. The van der Waals surface area contributed by atoms with E-state index in [-0.39, 0.29) is 85.2 Å². The number of methoxy groups -OCH3 is 2. The summed E-state index contributed by atoms with van der Waals surface area (Å²) in [7, 11) is 2.43. The molecular formula is C42H50O14. The highest BCUT2D eigenvalue weighted by Crippen LogP contribution is 2.81. The molecular weight excluding hydrogens is 728 g/mol. The Hall–Kier alpha value is -4.14. The van der Waals surface area contributed by atoms with Gasteiger partial charge in [0, 0.05) is 28.6 Å². The average molecular weight is 779 g/mol. The maximum atomic E-state index is 14.6. The summed E-state index contributed by atoms with van der Waals surface area (Å²) in [6.07, 6.45) is 1.63. The van der Waals surface area contributed by atoms with Crippen LogP contribution in [-0.4, -0.2) is 102 Å². The van der Waals surface area contributed by atoms with Gasteiger partial charge in [-0.05, 0) is 97.7 Å². The number of allylic oxidation sites excluding steroid dienone is 1. The Bertz CT molecular complexity index is 1990. The molecule has 0 aromatic carbocycles. The van der Waals surface area contributed by atoms with Gasteiger partial charge in [0.15, 0.2) is 5.78 Å². The van der Waals surface area contributed by atoms with E-state index in [1.54, 1.807) is 6.92 Å². The van der Waals surface area contributed by atoms with Crippen molar-refractivity contribution in [2.45, 2.75) is 89.9 Å². The quantitative estimate of drug-likeness (QED) is 0.126. The molecule has 14 heteroatoms. The van der Waals surface area contributed by atoms with Crippen LogP contribution >= 0.6 is 0 Å². The number of carbonyl (C=O) groups excluding carboxylic acids is 6. The number of rotatable bonds is 10. The highest BCUT2D eigenvalue weighted by molar-refractivity contribution is 6.09. The van der Waals surface area contributed by atoms with Gasteiger partial charge >= 0.3 is 29.8 Å². The second kappa shape index (κ2) is 12.9. The minimum atomic E-state index is -1.49. The molecule has 0 radical (unpaired) electrons. The summed E-state index contributed by atoms with van der Waals surface area (Å²) < 4.78 is 27.7. The number of ether oxygens (including phenoxy) is 5. The SMILES string of the molecule is COC(=O)CCC(=O)OCC1=C2C[C@H]3C[C@](O)(COC(=O)/C=C(\C)CO)[C@H]4C[C@H]4[C@]3(C)[C@@H]3CC4=C5[C@H](/C(=C(\C)C(=O)OC)C(=O)[C@H](O)[C@@]5(C)[C@@H]5C[C@H]45)[C@]23OC1=O. The molecule has 12 atom stereocenters. The van der Waals surface area contributed by atoms with Gasteiger partial charge in [-0.3, -0.25) is 14.4 Å². The van der Waals surface area contributed by atoms with Gasteiger partial charge < -0.3 is 39.0 Å². The standard InChI is InChI=1S/C42H50O14/c1-18(15-43)9-31(46)55-17-41(51)14-20-10-25-23(16-54-30(45)8-7-29(44)52-5)38(50)56-42(25)28(39(20,3)26-13-27(26)41)12-22-21-11-24(21)40(4)33(22)34(42)32(35(47)36(40)48)19(2)37(49)53-6/h9,20-21,24,26-28,34,36,43,48,51H,7-8,10-17H2,1-6H3/b18-9+,32-19-/t20-,21+,24+,26+,27-,28-,34-,36-,39+,40-,41-,42-/m0/s1. The second-order valence-electron chi connectivity index (χ2n) is 17.8. The molecule has 1 spiro atoms. The van der Waals surface area contributed by atoms with E-state index in [0.29, 0.717) is 24.0 Å². The monoisotopic (exact) mass is 778 g/mol. The van der Waals surface area contributed by atoms with E-state index in [1.807, 2.05) is 6.92 Å². The lowest BCUT2D eigenvalue weighted by Gasteiger charge is -2.65. The number of Topliss-reactive ketones (excluding diaryl/α,β-unsaturated/α-hetero) is 1. The van der Waals surface area contributed by atoms with Gasteiger partial charge in [-0.1, -0.05) is 19.4 Å². The Kier molecular flexibility index (Phi) is 8.95. The number of ketones is 1. The fourth-order valence-electron chi connectivity index (χ4n) is 12.6. The first-order valence-corrected chi connectivity index (χ1v) is 19.5. The predicted octanol–water partition coefficient (Wildman–Crippen LogP) is 2.38. The molecule has 5 fully saturated rings. The molecule has 14 nitrogen and oxygen atoms in total. The van der Waals surface area contributed by atoms with Gasteiger partial charge in [0.1, 0.15) is 30.5 Å². The zero-order valence-electron chi connectivity index (χ0n) is 32.6. The molecule has 302 valence electrons. The van der Waals surface area contributed by atoms with E-state index in [4.69, 9.17) is 18.9 Å². The number of aliphatic hydroxyl groups excluding tert-OH is 2. The van der Waals surface area contributed by atoms with Crippen LogP contribution in [0.15, 0.2) is 45.1 Å². The summed E-state index contributed by atoms with van der Waals surface area (Å²) in [5.41, 5.74) is -1.34. The molecule has 0 saturated heterocycles. The highest BCUT2D eigenvalue weighted by Gasteiger charge is 2.81. The van der Waals surface area contributed by atoms with E-state index in [1.165, 1.54) is 27.2 Å². The van der Waals surface area contributed by atoms with Gasteiger partial charge in [0.25, 0.3) is 0 Å². The van der Waals surface area contributed by atoms with E-state index in [9.17, 15) is 44.1 Å². The lowest BCUT2D eigenvalue weighted by Crippen LogP contribution is -2.67. The van der Waals surface area contributed by atoms with Crippen molar-refractivity contribution in [3.8, 4) is 0 Å². The summed E-state index contributed by atoms with van der Waals surface area (Å²) in [6.45, 7) is 6.12. The third-order valence-corrected chi connectivity index (χ3v) is 15.4. The number of fused-ring (bicyclic) bond motifs is 7. The molecule has 1 heterocycles. The van der Waals surface area contributed by atoms with E-state index in [0.717, 1.165) is 17.6 Å². The minimum absolute atomic E-state index is 0.00261. The molecule has 8 rings (SSSR count).